The first kappa shape index (κ1) is 31.2. The van der Waals surface area contributed by atoms with E-state index in [9.17, 15) is 33.9 Å². The number of aryl methyl sites for hydroxylation is 1. The molecule has 0 aromatic carbocycles. The minimum Gasteiger partial charge on any atom is -0.592 e. The second-order valence-corrected chi connectivity index (χ2v) is 13.6. The molecule has 2 aliphatic heterocycles. The van der Waals surface area contributed by atoms with E-state index >= 15 is 0 Å². The maximum Gasteiger partial charge on any atom is 0.519 e. The molecule has 2 aromatic heterocycles. The molecule has 4 bridgehead atoms. The second-order valence-electron chi connectivity index (χ2n) is 10.1. The van der Waals surface area contributed by atoms with Gasteiger partial charge in [0.05, 0.1) is 29.2 Å². The number of aromatic nitrogens is 1. The molecule has 0 spiro atoms. The van der Waals surface area contributed by atoms with Gasteiger partial charge < -0.3 is 23.6 Å². The zero-order valence-electron chi connectivity index (χ0n) is 22.8. The summed E-state index contributed by atoms with van der Waals surface area (Å²) in [6, 6.07) is -0.718. The summed E-state index contributed by atoms with van der Waals surface area (Å²) in [4.78, 5) is 55.3. The monoisotopic (exact) mass is 622 g/mol. The second kappa shape index (κ2) is 12.2. The molecule has 0 saturated carbocycles. The third-order valence-electron chi connectivity index (χ3n) is 7.19. The lowest BCUT2D eigenvalue weighted by molar-refractivity contribution is -0.132. The highest BCUT2D eigenvalue weighted by atomic mass is 32.2. The Bertz CT molecular complexity index is 1480. The quantitative estimate of drug-likeness (QED) is 0.379. The van der Waals surface area contributed by atoms with Crippen molar-refractivity contribution < 1.29 is 38.0 Å². The molecule has 1 amide bonds. The Kier molecular flexibility index (Phi) is 9.31. The van der Waals surface area contributed by atoms with Crippen LogP contribution in [-0.2, 0) is 31.5 Å². The van der Waals surface area contributed by atoms with Gasteiger partial charge >= 0.3 is 5.82 Å². The molecule has 41 heavy (non-hydrogen) atoms. The van der Waals surface area contributed by atoms with Crippen LogP contribution >= 0.6 is 23.1 Å². The van der Waals surface area contributed by atoms with Gasteiger partial charge in [-0.3, -0.25) is 14.4 Å². The third-order valence-corrected chi connectivity index (χ3v) is 11.6. The fourth-order valence-corrected chi connectivity index (χ4v) is 8.59. The van der Waals surface area contributed by atoms with Gasteiger partial charge in [0.2, 0.25) is 5.12 Å². The largest absolute Gasteiger partial charge is 0.592 e. The van der Waals surface area contributed by atoms with E-state index in [1.54, 1.807) is 31.4 Å². The molecule has 2 aliphatic rings. The number of aliphatic hydroxyl groups excluding tert-OH is 1. The zero-order chi connectivity index (χ0) is 30.1. The van der Waals surface area contributed by atoms with Crippen LogP contribution in [-0.4, -0.2) is 57.3 Å². The Labute approximate surface area is 247 Å². The van der Waals surface area contributed by atoms with Crippen LogP contribution in [0.15, 0.2) is 48.9 Å². The molecular weight excluding hydrogens is 593 g/mol. The van der Waals surface area contributed by atoms with Crippen molar-refractivity contribution >= 4 is 57.3 Å². The van der Waals surface area contributed by atoms with Gasteiger partial charge in [-0.15, -0.1) is 11.3 Å². The van der Waals surface area contributed by atoms with Crippen molar-refractivity contribution in [3.8, 4) is 0 Å². The number of carbonyl (C=O) groups is 3. The lowest BCUT2D eigenvalue weighted by Gasteiger charge is -2.40. The number of amides is 1. The van der Waals surface area contributed by atoms with Crippen molar-refractivity contribution in [2.24, 2.45) is 0 Å². The number of thiazole rings is 1. The summed E-state index contributed by atoms with van der Waals surface area (Å²) in [7, 11) is 0. The highest BCUT2D eigenvalue weighted by Crippen LogP contribution is 2.50. The molecule has 2 aromatic rings. The van der Waals surface area contributed by atoms with Crippen molar-refractivity contribution in [3.05, 3.63) is 68.1 Å². The first-order chi connectivity index (χ1) is 19.3. The summed E-state index contributed by atoms with van der Waals surface area (Å²) in [5, 5.41) is 23.7. The molecular formula is C27H30N2O9S3. The van der Waals surface area contributed by atoms with Crippen LogP contribution in [0.3, 0.4) is 0 Å². The first-order valence-corrected chi connectivity index (χ1v) is 15.7. The van der Waals surface area contributed by atoms with Crippen LogP contribution in [0.5, 0.6) is 0 Å². The highest BCUT2D eigenvalue weighted by Gasteiger charge is 2.69. The highest BCUT2D eigenvalue weighted by molar-refractivity contribution is 8.13. The Morgan fingerprint density at radius 2 is 2.00 bits per heavy atom. The van der Waals surface area contributed by atoms with E-state index in [2.05, 4.69) is 4.98 Å². The molecule has 4 heterocycles. The number of allylic oxidation sites excluding steroid dienone is 3. The molecule has 1 fully saturated rings. The predicted octanol–water partition coefficient (Wildman–Crippen LogP) is 3.14. The summed E-state index contributed by atoms with van der Waals surface area (Å²) in [5.41, 5.74) is -1.18. The minimum absolute atomic E-state index is 0.0720. The molecule has 0 radical (unpaired) electrons. The molecule has 0 aliphatic carbocycles. The smallest absolute Gasteiger partial charge is 0.519 e. The van der Waals surface area contributed by atoms with Gasteiger partial charge in [0.15, 0.2) is 21.9 Å². The maximum absolute atomic E-state index is 14.3. The normalized spacial score (nSPS) is 29.9. The fraction of sp³-hybridized carbons (Fsp3) is 0.444. The predicted molar refractivity (Wildman–Crippen MR) is 154 cm³/mol. The van der Waals surface area contributed by atoms with Gasteiger partial charge in [0, 0.05) is 11.8 Å². The van der Waals surface area contributed by atoms with E-state index in [0.717, 1.165) is 4.31 Å². The lowest BCUT2D eigenvalue weighted by Crippen LogP contribution is -2.60. The van der Waals surface area contributed by atoms with Crippen molar-refractivity contribution in [3.63, 3.8) is 0 Å². The number of thioether (sulfide) groups is 1. The summed E-state index contributed by atoms with van der Waals surface area (Å²) in [6.07, 6.45) is 5.57. The van der Waals surface area contributed by atoms with Crippen LogP contribution in [0.4, 0.5) is 0 Å². The van der Waals surface area contributed by atoms with Crippen LogP contribution in [0.25, 0.3) is 6.08 Å². The van der Waals surface area contributed by atoms with E-state index in [-0.39, 0.29) is 30.1 Å². The van der Waals surface area contributed by atoms with Crippen LogP contribution < -0.4 is 5.82 Å². The number of rotatable bonds is 4. The van der Waals surface area contributed by atoms with Crippen LogP contribution in [0.1, 0.15) is 68.3 Å². The molecule has 2 N–H and O–H groups in total. The Morgan fingerprint density at radius 3 is 2.68 bits per heavy atom. The number of fused-ring (bicyclic) bond motifs is 4. The molecule has 1 unspecified atom stereocenters. The average molecular weight is 623 g/mol. The van der Waals surface area contributed by atoms with E-state index in [1.165, 1.54) is 43.4 Å². The maximum atomic E-state index is 14.3. The number of hydrogen-bond acceptors (Lipinski definition) is 12. The molecule has 11 nitrogen and oxygen atoms in total. The minimum atomic E-state index is -2.28. The first-order valence-electron chi connectivity index (χ1n) is 12.7. The van der Waals surface area contributed by atoms with E-state index in [4.69, 9.17) is 8.83 Å². The van der Waals surface area contributed by atoms with Gasteiger partial charge in [-0.2, -0.15) is 4.31 Å². The summed E-state index contributed by atoms with van der Waals surface area (Å²) < 4.78 is 23.5. The summed E-state index contributed by atoms with van der Waals surface area (Å²) in [5.74, 6) is -1.80. The standard InChI is InChI=1S/C27H30N2O9S3/c1-15-9-10-27(26(4,35)24(33)40-14-21-17(3)37-25(34)38-21)12-22(32)29(41(27)36)16(2)23-28-18(13-39-23)7-5-6-8-19(30)20(31)11-15/h5-8,11,13,16,20,31,35H,9-10,12,14H2,1-4H3/b7-5-,8-6-,15-11-/t16-,20-,26-,27-,41?/m1/s1. The Morgan fingerprint density at radius 1 is 1.29 bits per heavy atom. The van der Waals surface area contributed by atoms with Crippen LogP contribution in [0, 0.1) is 6.92 Å². The van der Waals surface area contributed by atoms with Crippen molar-refractivity contribution in [2.75, 3.05) is 0 Å². The van der Waals surface area contributed by atoms with E-state index < -0.39 is 62.9 Å². The third kappa shape index (κ3) is 6.22. The number of nitrogens with zero attached hydrogens (tertiary/aromatic N) is 2. The molecule has 5 atom stereocenters. The van der Waals surface area contributed by atoms with E-state index in [0.29, 0.717) is 28.0 Å². The number of ketones is 1. The van der Waals surface area contributed by atoms with E-state index in [1.807, 2.05) is 0 Å². The topological polar surface area (TPSA) is 174 Å². The van der Waals surface area contributed by atoms with Crippen molar-refractivity contribution in [2.45, 2.75) is 75.2 Å². The van der Waals surface area contributed by atoms with Crippen molar-refractivity contribution in [1.82, 2.24) is 9.29 Å². The van der Waals surface area contributed by atoms with Gasteiger partial charge in [0.1, 0.15) is 22.9 Å². The number of carbonyl (C=O) groups excluding carboxylic acids is 3. The molecule has 1 saturated heterocycles. The average Bonchev–Trinajstić information content (AvgIpc) is 3.58. The molecule has 220 valence electrons. The van der Waals surface area contributed by atoms with Gasteiger partial charge in [0.25, 0.3) is 5.91 Å². The van der Waals surface area contributed by atoms with Crippen LogP contribution in [0.2, 0.25) is 0 Å². The van der Waals surface area contributed by atoms with Crippen molar-refractivity contribution in [1.29, 1.82) is 0 Å². The van der Waals surface area contributed by atoms with Gasteiger partial charge in [-0.1, -0.05) is 29.5 Å². The number of hydrogen-bond donors (Lipinski definition) is 2. The zero-order valence-corrected chi connectivity index (χ0v) is 25.3. The molecule has 4 rings (SSSR count). The van der Waals surface area contributed by atoms with Gasteiger partial charge in [-0.05, 0) is 52.3 Å². The lowest BCUT2D eigenvalue weighted by atomic mass is 9.81. The van der Waals surface area contributed by atoms with Gasteiger partial charge in [-0.25, -0.2) is 9.78 Å². The number of aliphatic hydroxyl groups is 2. The summed E-state index contributed by atoms with van der Waals surface area (Å²) in [6.45, 7) is 6.08. The molecule has 14 heteroatoms. The fourth-order valence-electron chi connectivity index (χ4n) is 4.66. The SMILES string of the molecule is C/C1=C/[C@@H](O)C(=O)/C=C\C=C/c2csc(n2)[C@@H](C)N2C(=O)C[C@@]([C@](C)(O)C(=O)SCc3oc(=O)oc3C)(CC1)[S+]2[O-]. The Hall–Kier alpha value is -2.75. The Balaban J connectivity index is 1.73. The summed E-state index contributed by atoms with van der Waals surface area (Å²) >= 11 is -0.279.